The van der Waals surface area contributed by atoms with E-state index in [1.165, 1.54) is 18.2 Å². The van der Waals surface area contributed by atoms with E-state index in [0.29, 0.717) is 0 Å². The highest BCUT2D eigenvalue weighted by molar-refractivity contribution is 6.33. The Morgan fingerprint density at radius 2 is 2.05 bits per heavy atom. The molecule has 1 aromatic heterocycles. The van der Waals surface area contributed by atoms with Crippen LogP contribution in [0.3, 0.4) is 0 Å². The number of benzene rings is 1. The molecule has 1 aromatic carbocycles. The van der Waals surface area contributed by atoms with Crippen molar-refractivity contribution in [1.29, 1.82) is 0 Å². The normalized spacial score (nSPS) is 10.3. The third-order valence-corrected chi connectivity index (χ3v) is 2.83. The smallest absolute Gasteiger partial charge is 0.356 e. The van der Waals surface area contributed by atoms with Gasteiger partial charge < -0.3 is 10.4 Å². The van der Waals surface area contributed by atoms with Gasteiger partial charge in [0.05, 0.1) is 5.02 Å². The first-order valence-electron chi connectivity index (χ1n) is 5.55. The number of aromatic carboxylic acids is 1. The molecule has 0 radical (unpaired) electrons. The minimum Gasteiger partial charge on any atom is -0.476 e. The fourth-order valence-electron chi connectivity index (χ4n) is 1.54. The van der Waals surface area contributed by atoms with E-state index in [2.05, 4.69) is 10.3 Å². The van der Waals surface area contributed by atoms with Gasteiger partial charge in [-0.15, -0.1) is 0 Å². The number of aromatic nitrogens is 1. The Kier molecular flexibility index (Phi) is 4.14. The third kappa shape index (κ3) is 3.21. The summed E-state index contributed by atoms with van der Waals surface area (Å²) in [5.41, 5.74) is -0.0590. The minimum atomic E-state index is -1.26. The zero-order valence-corrected chi connectivity index (χ0v) is 10.8. The van der Waals surface area contributed by atoms with E-state index in [0.717, 1.165) is 12.1 Å². The average molecular weight is 299 g/mol. The van der Waals surface area contributed by atoms with E-state index in [9.17, 15) is 13.6 Å². The van der Waals surface area contributed by atoms with Crippen LogP contribution in [0.1, 0.15) is 16.1 Å². The lowest BCUT2D eigenvalue weighted by Gasteiger charge is -2.08. The van der Waals surface area contributed by atoms with Gasteiger partial charge in [0, 0.05) is 18.2 Å². The van der Waals surface area contributed by atoms with Crippen molar-refractivity contribution in [2.75, 3.05) is 5.32 Å². The molecule has 0 aliphatic rings. The van der Waals surface area contributed by atoms with Gasteiger partial charge >= 0.3 is 5.97 Å². The highest BCUT2D eigenvalue weighted by atomic mass is 35.5. The molecule has 0 unspecified atom stereocenters. The standard InChI is InChI=1S/C13H9ClF2N2O2/c14-9-3-4-11(18-12(9)13(19)20)17-6-7-1-2-8(15)5-10(7)16/h1-5H,6H2,(H,17,18)(H,19,20). The van der Waals surface area contributed by atoms with Crippen LogP contribution in [-0.4, -0.2) is 16.1 Å². The molecule has 2 aromatic rings. The molecule has 0 amide bonds. The highest BCUT2D eigenvalue weighted by Crippen LogP contribution is 2.18. The summed E-state index contributed by atoms with van der Waals surface area (Å²) in [6.07, 6.45) is 0. The Bertz CT molecular complexity index is 665. The molecule has 0 fully saturated rings. The molecule has 104 valence electrons. The van der Waals surface area contributed by atoms with Crippen molar-refractivity contribution in [2.24, 2.45) is 0 Å². The van der Waals surface area contributed by atoms with E-state index in [4.69, 9.17) is 16.7 Å². The molecule has 20 heavy (non-hydrogen) atoms. The summed E-state index contributed by atoms with van der Waals surface area (Å²) in [7, 11) is 0. The van der Waals surface area contributed by atoms with Crippen LogP contribution < -0.4 is 5.32 Å². The summed E-state index contributed by atoms with van der Waals surface area (Å²) in [5.74, 6) is -2.38. The van der Waals surface area contributed by atoms with Gasteiger partial charge in [0.15, 0.2) is 5.69 Å². The summed E-state index contributed by atoms with van der Waals surface area (Å²) in [6.45, 7) is 0.0415. The Balaban J connectivity index is 2.15. The minimum absolute atomic E-state index is 0.0102. The van der Waals surface area contributed by atoms with E-state index >= 15 is 0 Å². The van der Waals surface area contributed by atoms with Crippen molar-refractivity contribution in [3.63, 3.8) is 0 Å². The molecule has 0 atom stereocenters. The summed E-state index contributed by atoms with van der Waals surface area (Å²) >= 11 is 5.68. The molecular formula is C13H9ClF2N2O2. The summed E-state index contributed by atoms with van der Waals surface area (Å²) in [4.78, 5) is 14.7. The van der Waals surface area contributed by atoms with Gasteiger partial charge in [0.2, 0.25) is 0 Å². The van der Waals surface area contributed by atoms with E-state index in [1.54, 1.807) is 0 Å². The monoisotopic (exact) mass is 298 g/mol. The SMILES string of the molecule is O=C(O)c1nc(NCc2ccc(F)cc2F)ccc1Cl. The third-order valence-electron chi connectivity index (χ3n) is 2.52. The second-order valence-corrected chi connectivity index (χ2v) is 4.33. The van der Waals surface area contributed by atoms with Crippen LogP contribution in [0.4, 0.5) is 14.6 Å². The van der Waals surface area contributed by atoms with Crippen LogP contribution >= 0.6 is 11.6 Å². The van der Waals surface area contributed by atoms with Crippen molar-refractivity contribution in [3.05, 3.63) is 58.2 Å². The molecular weight excluding hydrogens is 290 g/mol. The average Bonchev–Trinajstić information content (AvgIpc) is 2.39. The van der Waals surface area contributed by atoms with Crippen molar-refractivity contribution >= 4 is 23.4 Å². The van der Waals surface area contributed by atoms with E-state index in [-0.39, 0.29) is 28.6 Å². The van der Waals surface area contributed by atoms with Crippen LogP contribution in [0.5, 0.6) is 0 Å². The van der Waals surface area contributed by atoms with Gasteiger partial charge in [-0.3, -0.25) is 0 Å². The Labute approximate surface area is 118 Å². The second-order valence-electron chi connectivity index (χ2n) is 3.92. The van der Waals surface area contributed by atoms with Crippen molar-refractivity contribution < 1.29 is 18.7 Å². The largest absolute Gasteiger partial charge is 0.476 e. The Morgan fingerprint density at radius 1 is 1.30 bits per heavy atom. The number of hydrogen-bond acceptors (Lipinski definition) is 3. The number of carboxylic acids is 1. The lowest BCUT2D eigenvalue weighted by molar-refractivity contribution is 0.0691. The van der Waals surface area contributed by atoms with Crippen molar-refractivity contribution in [3.8, 4) is 0 Å². The first-order chi connectivity index (χ1) is 9.47. The number of halogens is 3. The number of hydrogen-bond donors (Lipinski definition) is 2. The number of nitrogens with one attached hydrogen (secondary N) is 1. The maximum Gasteiger partial charge on any atom is 0.356 e. The molecule has 0 aliphatic carbocycles. The molecule has 1 heterocycles. The molecule has 4 nitrogen and oxygen atoms in total. The van der Waals surface area contributed by atoms with Gasteiger partial charge in [-0.2, -0.15) is 0 Å². The molecule has 0 saturated carbocycles. The van der Waals surface area contributed by atoms with Crippen LogP contribution in [0.25, 0.3) is 0 Å². The maximum atomic E-state index is 13.4. The molecule has 0 aliphatic heterocycles. The van der Waals surface area contributed by atoms with Crippen molar-refractivity contribution in [2.45, 2.75) is 6.54 Å². The molecule has 0 bridgehead atoms. The Hall–Kier alpha value is -2.21. The molecule has 2 rings (SSSR count). The molecule has 0 saturated heterocycles. The maximum absolute atomic E-state index is 13.4. The quantitative estimate of drug-likeness (QED) is 0.909. The molecule has 2 N–H and O–H groups in total. The lowest BCUT2D eigenvalue weighted by atomic mass is 10.2. The number of nitrogens with zero attached hydrogens (tertiary/aromatic N) is 1. The number of carbonyl (C=O) groups is 1. The Morgan fingerprint density at radius 3 is 2.70 bits per heavy atom. The topological polar surface area (TPSA) is 62.2 Å². The van der Waals surface area contributed by atoms with E-state index < -0.39 is 17.6 Å². The second kappa shape index (κ2) is 5.83. The first kappa shape index (κ1) is 14.2. The molecule has 0 spiro atoms. The first-order valence-corrected chi connectivity index (χ1v) is 5.93. The van der Waals surface area contributed by atoms with Crippen LogP contribution in [0, 0.1) is 11.6 Å². The van der Waals surface area contributed by atoms with Gasteiger partial charge in [0.1, 0.15) is 17.5 Å². The number of pyridine rings is 1. The van der Waals surface area contributed by atoms with Crippen molar-refractivity contribution in [1.82, 2.24) is 4.98 Å². The summed E-state index contributed by atoms with van der Waals surface area (Å²) in [6, 6.07) is 6.05. The van der Waals surface area contributed by atoms with Crippen LogP contribution in [-0.2, 0) is 6.54 Å². The summed E-state index contributed by atoms with van der Waals surface area (Å²) < 4.78 is 26.2. The van der Waals surface area contributed by atoms with Gasteiger partial charge in [-0.05, 0) is 18.2 Å². The van der Waals surface area contributed by atoms with Crippen LogP contribution in [0.15, 0.2) is 30.3 Å². The zero-order chi connectivity index (χ0) is 14.7. The summed E-state index contributed by atoms with van der Waals surface area (Å²) in [5, 5.41) is 11.6. The number of carboxylic acid groups (broad SMARTS) is 1. The fraction of sp³-hybridized carbons (Fsp3) is 0.0769. The molecule has 7 heteroatoms. The zero-order valence-electron chi connectivity index (χ0n) is 10.0. The number of anilines is 1. The predicted molar refractivity (Wildman–Crippen MR) is 69.9 cm³/mol. The lowest BCUT2D eigenvalue weighted by Crippen LogP contribution is -2.07. The van der Waals surface area contributed by atoms with Gasteiger partial charge in [-0.1, -0.05) is 17.7 Å². The van der Waals surface area contributed by atoms with Crippen LogP contribution in [0.2, 0.25) is 5.02 Å². The fourth-order valence-corrected chi connectivity index (χ4v) is 1.73. The van der Waals surface area contributed by atoms with Gasteiger partial charge in [-0.25, -0.2) is 18.6 Å². The van der Waals surface area contributed by atoms with Gasteiger partial charge in [0.25, 0.3) is 0 Å². The highest BCUT2D eigenvalue weighted by Gasteiger charge is 2.11. The predicted octanol–water partition coefficient (Wildman–Crippen LogP) is 3.32. The van der Waals surface area contributed by atoms with E-state index in [1.807, 2.05) is 0 Å². The number of rotatable bonds is 4.